The fourth-order valence-corrected chi connectivity index (χ4v) is 2.06. The standard InChI is InChI=1S/C15H9F3N2O2/c16-10-7-8(5-6-12(10)22-15(17)18)13-19-11-4-2-1-3-9(11)14(21)20-13/h1-7,15H,(H,19,20,21). The van der Waals surface area contributed by atoms with Crippen LogP contribution in [0.4, 0.5) is 13.2 Å². The van der Waals surface area contributed by atoms with Gasteiger partial charge in [-0.3, -0.25) is 4.79 Å². The summed E-state index contributed by atoms with van der Waals surface area (Å²) in [5.41, 5.74) is 0.338. The molecule has 4 nitrogen and oxygen atoms in total. The number of fused-ring (bicyclic) bond motifs is 1. The van der Waals surface area contributed by atoms with Crippen LogP contribution in [0.2, 0.25) is 0 Å². The molecule has 3 aromatic rings. The molecular formula is C15H9F3N2O2. The molecule has 7 heteroatoms. The van der Waals surface area contributed by atoms with Crippen molar-refractivity contribution in [1.82, 2.24) is 9.97 Å². The maximum atomic E-state index is 13.7. The highest BCUT2D eigenvalue weighted by molar-refractivity contribution is 5.79. The van der Waals surface area contributed by atoms with Crippen molar-refractivity contribution in [3.05, 3.63) is 58.6 Å². The summed E-state index contributed by atoms with van der Waals surface area (Å²) in [6.45, 7) is -3.11. The summed E-state index contributed by atoms with van der Waals surface area (Å²) in [6, 6.07) is 10.1. The van der Waals surface area contributed by atoms with E-state index in [2.05, 4.69) is 14.7 Å². The highest BCUT2D eigenvalue weighted by Crippen LogP contribution is 2.25. The Labute approximate surface area is 122 Å². The Balaban J connectivity index is 2.08. The second-order valence-electron chi connectivity index (χ2n) is 4.46. The fraction of sp³-hybridized carbons (Fsp3) is 0.0667. The number of H-pyrrole nitrogens is 1. The largest absolute Gasteiger partial charge is 0.432 e. The average Bonchev–Trinajstić information content (AvgIpc) is 2.49. The Kier molecular flexibility index (Phi) is 3.54. The Hall–Kier alpha value is -2.83. The van der Waals surface area contributed by atoms with Crippen LogP contribution in [-0.2, 0) is 0 Å². The number of benzene rings is 2. The van der Waals surface area contributed by atoms with Crippen molar-refractivity contribution < 1.29 is 17.9 Å². The Bertz CT molecular complexity index is 893. The summed E-state index contributed by atoms with van der Waals surface area (Å²) >= 11 is 0. The van der Waals surface area contributed by atoms with Crippen LogP contribution in [0, 0.1) is 5.82 Å². The number of nitrogens with zero attached hydrogens (tertiary/aromatic N) is 1. The third kappa shape index (κ3) is 2.65. The minimum Gasteiger partial charge on any atom is -0.432 e. The van der Waals surface area contributed by atoms with E-state index >= 15 is 0 Å². The summed E-state index contributed by atoms with van der Waals surface area (Å²) < 4.78 is 42.0. The zero-order chi connectivity index (χ0) is 15.7. The molecule has 1 aromatic heterocycles. The van der Waals surface area contributed by atoms with Gasteiger partial charge in [-0.15, -0.1) is 0 Å². The first kappa shape index (κ1) is 14.1. The summed E-state index contributed by atoms with van der Waals surface area (Å²) in [5, 5.41) is 0.407. The van der Waals surface area contributed by atoms with Crippen LogP contribution in [-0.4, -0.2) is 16.6 Å². The predicted molar refractivity (Wildman–Crippen MR) is 74.4 cm³/mol. The third-order valence-electron chi connectivity index (χ3n) is 3.03. The van der Waals surface area contributed by atoms with Crippen LogP contribution >= 0.6 is 0 Å². The van der Waals surface area contributed by atoms with E-state index in [0.717, 1.165) is 12.1 Å². The first-order chi connectivity index (χ1) is 10.5. The van der Waals surface area contributed by atoms with E-state index in [1.807, 2.05) is 0 Å². The van der Waals surface area contributed by atoms with Gasteiger partial charge in [-0.2, -0.15) is 8.78 Å². The average molecular weight is 306 g/mol. The number of aromatic nitrogens is 2. The molecule has 0 saturated carbocycles. The van der Waals surface area contributed by atoms with Crippen LogP contribution in [0.15, 0.2) is 47.3 Å². The lowest BCUT2D eigenvalue weighted by atomic mass is 10.2. The molecule has 0 atom stereocenters. The van der Waals surface area contributed by atoms with E-state index in [0.29, 0.717) is 10.9 Å². The molecule has 22 heavy (non-hydrogen) atoms. The van der Waals surface area contributed by atoms with Crippen LogP contribution < -0.4 is 10.3 Å². The van der Waals surface area contributed by atoms with Gasteiger partial charge in [0.25, 0.3) is 5.56 Å². The van der Waals surface area contributed by atoms with Crippen LogP contribution in [0.3, 0.4) is 0 Å². The SMILES string of the molecule is O=c1[nH]c(-c2ccc(OC(F)F)c(F)c2)nc2ccccc12. The molecular weight excluding hydrogens is 297 g/mol. The molecule has 0 amide bonds. The van der Waals surface area contributed by atoms with Crippen LogP contribution in [0.1, 0.15) is 0 Å². The third-order valence-corrected chi connectivity index (χ3v) is 3.03. The molecule has 0 aliphatic heterocycles. The topological polar surface area (TPSA) is 55.0 Å². The molecule has 0 aliphatic carbocycles. The fourth-order valence-electron chi connectivity index (χ4n) is 2.06. The van der Waals surface area contributed by atoms with E-state index in [1.54, 1.807) is 24.3 Å². The highest BCUT2D eigenvalue weighted by atomic mass is 19.3. The minimum absolute atomic E-state index is 0.145. The van der Waals surface area contributed by atoms with Gasteiger partial charge in [0.2, 0.25) is 0 Å². The monoisotopic (exact) mass is 306 g/mol. The molecule has 3 rings (SSSR count). The molecule has 2 aromatic carbocycles. The lowest BCUT2D eigenvalue weighted by molar-refractivity contribution is -0.0521. The molecule has 0 bridgehead atoms. The summed E-state index contributed by atoms with van der Waals surface area (Å²) in [7, 11) is 0. The first-order valence-corrected chi connectivity index (χ1v) is 6.28. The highest BCUT2D eigenvalue weighted by Gasteiger charge is 2.12. The van der Waals surface area contributed by atoms with Gasteiger partial charge in [0.05, 0.1) is 10.9 Å². The number of alkyl halides is 2. The van der Waals surface area contributed by atoms with Crippen LogP contribution in [0.25, 0.3) is 22.3 Å². The maximum Gasteiger partial charge on any atom is 0.387 e. The van der Waals surface area contributed by atoms with Crippen molar-refractivity contribution in [2.45, 2.75) is 6.61 Å². The maximum absolute atomic E-state index is 13.7. The lowest BCUT2D eigenvalue weighted by Crippen LogP contribution is -2.09. The van der Waals surface area contributed by atoms with E-state index < -0.39 is 18.2 Å². The number of ether oxygens (including phenoxy) is 1. The zero-order valence-corrected chi connectivity index (χ0v) is 11.0. The molecule has 1 N–H and O–H groups in total. The number of rotatable bonds is 3. The zero-order valence-electron chi connectivity index (χ0n) is 11.0. The van der Waals surface area contributed by atoms with Gasteiger partial charge >= 0.3 is 6.61 Å². The van der Waals surface area contributed by atoms with E-state index in [1.165, 1.54) is 6.07 Å². The molecule has 0 radical (unpaired) electrons. The van der Waals surface area contributed by atoms with Crippen molar-refractivity contribution in [3.63, 3.8) is 0 Å². The normalized spacial score (nSPS) is 11.1. The van der Waals surface area contributed by atoms with Crippen molar-refractivity contribution in [2.75, 3.05) is 0 Å². The van der Waals surface area contributed by atoms with Crippen molar-refractivity contribution >= 4 is 10.9 Å². The van der Waals surface area contributed by atoms with E-state index in [9.17, 15) is 18.0 Å². The van der Waals surface area contributed by atoms with Gasteiger partial charge < -0.3 is 9.72 Å². The van der Waals surface area contributed by atoms with Gasteiger partial charge in [0, 0.05) is 5.56 Å². The number of para-hydroxylation sites is 1. The lowest BCUT2D eigenvalue weighted by Gasteiger charge is -2.07. The Morgan fingerprint density at radius 1 is 1.14 bits per heavy atom. The molecule has 0 aliphatic rings. The van der Waals surface area contributed by atoms with Crippen LogP contribution in [0.5, 0.6) is 5.75 Å². The van der Waals surface area contributed by atoms with Gasteiger partial charge in [0.1, 0.15) is 5.82 Å². The van der Waals surface area contributed by atoms with E-state index in [4.69, 9.17) is 0 Å². The van der Waals surface area contributed by atoms with Crippen molar-refractivity contribution in [2.24, 2.45) is 0 Å². The smallest absolute Gasteiger partial charge is 0.387 e. The quantitative estimate of drug-likeness (QED) is 0.807. The molecule has 0 saturated heterocycles. The molecule has 0 spiro atoms. The van der Waals surface area contributed by atoms with Gasteiger partial charge in [-0.1, -0.05) is 12.1 Å². The second kappa shape index (κ2) is 5.51. The predicted octanol–water partition coefficient (Wildman–Crippen LogP) is 3.33. The summed E-state index contributed by atoms with van der Waals surface area (Å²) in [4.78, 5) is 18.7. The number of halogens is 3. The molecule has 0 unspecified atom stereocenters. The minimum atomic E-state index is -3.11. The number of nitrogens with one attached hydrogen (secondary N) is 1. The van der Waals surface area contributed by atoms with Gasteiger partial charge in [0.15, 0.2) is 11.6 Å². The van der Waals surface area contributed by atoms with Crippen molar-refractivity contribution in [3.8, 4) is 17.1 Å². The van der Waals surface area contributed by atoms with Gasteiger partial charge in [-0.25, -0.2) is 9.37 Å². The summed E-state index contributed by atoms with van der Waals surface area (Å²) in [6.07, 6.45) is 0. The Morgan fingerprint density at radius 2 is 1.91 bits per heavy atom. The first-order valence-electron chi connectivity index (χ1n) is 6.28. The number of aromatic amines is 1. The molecule has 112 valence electrons. The molecule has 0 fully saturated rings. The Morgan fingerprint density at radius 3 is 2.64 bits per heavy atom. The van der Waals surface area contributed by atoms with E-state index in [-0.39, 0.29) is 16.9 Å². The second-order valence-corrected chi connectivity index (χ2v) is 4.46. The van der Waals surface area contributed by atoms with Crippen molar-refractivity contribution in [1.29, 1.82) is 0 Å². The van der Waals surface area contributed by atoms with Gasteiger partial charge in [-0.05, 0) is 30.3 Å². The molecule has 1 heterocycles. The number of hydrogen-bond acceptors (Lipinski definition) is 3. The summed E-state index contributed by atoms with van der Waals surface area (Å²) in [5.74, 6) is -1.39. The number of hydrogen-bond donors (Lipinski definition) is 1.